The molecule has 2 heterocycles. The molecule has 1 aliphatic rings. The summed E-state index contributed by atoms with van der Waals surface area (Å²) in [5.74, 6) is -2.89. The van der Waals surface area contributed by atoms with Gasteiger partial charge in [-0.2, -0.15) is 0 Å². The lowest BCUT2D eigenvalue weighted by Gasteiger charge is -2.25. The molecule has 1 aromatic heterocycles. The summed E-state index contributed by atoms with van der Waals surface area (Å²) in [4.78, 5) is 39.3. The van der Waals surface area contributed by atoms with E-state index in [9.17, 15) is 19.5 Å². The monoisotopic (exact) mass is 467 g/mol. The third-order valence-electron chi connectivity index (χ3n) is 5.29. The number of carboxylic acid groups (broad SMARTS) is 1. The Kier molecular flexibility index (Phi) is 5.86. The van der Waals surface area contributed by atoms with Crippen LogP contribution in [-0.4, -0.2) is 27.9 Å². The van der Waals surface area contributed by atoms with E-state index in [2.05, 4.69) is 0 Å². The Morgan fingerprint density at radius 2 is 1.75 bits per heavy atom. The summed E-state index contributed by atoms with van der Waals surface area (Å²) in [6.45, 7) is 1.87. The van der Waals surface area contributed by atoms with Crippen molar-refractivity contribution < 1.29 is 24.6 Å². The zero-order valence-electron chi connectivity index (χ0n) is 16.9. The van der Waals surface area contributed by atoms with Crippen molar-refractivity contribution in [2.45, 2.75) is 19.4 Å². The highest BCUT2D eigenvalue weighted by Crippen LogP contribution is 2.45. The summed E-state index contributed by atoms with van der Waals surface area (Å²) in [6, 6.07) is 14.0. The minimum Gasteiger partial charge on any atom is -0.507 e. The third-order valence-corrected chi connectivity index (χ3v) is 6.69. The van der Waals surface area contributed by atoms with Crippen LogP contribution in [0.2, 0.25) is 5.02 Å². The van der Waals surface area contributed by atoms with Crippen molar-refractivity contribution in [2.75, 3.05) is 4.90 Å². The number of Topliss-reactive ketones (excluding diaryl/α,β-unsaturated/α-hetero) is 1. The molecule has 0 radical (unpaired) electrons. The molecule has 32 heavy (non-hydrogen) atoms. The van der Waals surface area contributed by atoms with Gasteiger partial charge in [-0.25, -0.2) is 0 Å². The maximum atomic E-state index is 13.1. The summed E-state index contributed by atoms with van der Waals surface area (Å²) in [6.07, 6.45) is -0.154. The molecular weight excluding hydrogens is 450 g/mol. The second kappa shape index (κ2) is 8.61. The maximum Gasteiger partial charge on any atom is 0.307 e. The summed E-state index contributed by atoms with van der Waals surface area (Å²) in [7, 11) is 0. The molecule has 0 aliphatic carbocycles. The van der Waals surface area contributed by atoms with Gasteiger partial charge in [-0.1, -0.05) is 35.9 Å². The van der Waals surface area contributed by atoms with Crippen LogP contribution in [0.4, 0.5) is 5.69 Å². The van der Waals surface area contributed by atoms with E-state index in [1.165, 1.54) is 16.2 Å². The first-order chi connectivity index (χ1) is 15.3. The van der Waals surface area contributed by atoms with Gasteiger partial charge in [0, 0.05) is 16.1 Å². The zero-order chi connectivity index (χ0) is 23.0. The van der Waals surface area contributed by atoms with Crippen LogP contribution in [0.25, 0.3) is 5.76 Å². The molecule has 2 N–H and O–H groups in total. The largest absolute Gasteiger partial charge is 0.507 e. The number of ketones is 1. The van der Waals surface area contributed by atoms with Gasteiger partial charge >= 0.3 is 5.97 Å². The second-order valence-electron chi connectivity index (χ2n) is 7.35. The number of halogens is 1. The molecule has 1 saturated heterocycles. The van der Waals surface area contributed by atoms with Gasteiger partial charge in [-0.3, -0.25) is 19.3 Å². The number of carboxylic acids is 1. The van der Waals surface area contributed by atoms with Crippen molar-refractivity contribution in [2.24, 2.45) is 0 Å². The number of benzene rings is 2. The molecule has 4 rings (SSSR count). The predicted molar refractivity (Wildman–Crippen MR) is 123 cm³/mol. The number of aliphatic hydroxyl groups excluding tert-OH is 1. The highest BCUT2D eigenvalue weighted by atomic mass is 35.5. The molecule has 0 bridgehead atoms. The number of carbonyl (C=O) groups excluding carboxylic acids is 2. The van der Waals surface area contributed by atoms with Gasteiger partial charge in [0.1, 0.15) is 11.8 Å². The standard InChI is InChI=1S/C24H18ClNO5S/c1-13-10-11-32-23(13)20-19(21(29)16-4-2-3-5-17(16)25)22(30)24(31)26(20)15-8-6-14(7-9-15)12-18(27)28/h2-11,20,29H,12H2,1H3,(H,27,28)/b21-19+. The van der Waals surface area contributed by atoms with E-state index < -0.39 is 23.7 Å². The average Bonchev–Trinajstić information content (AvgIpc) is 3.29. The van der Waals surface area contributed by atoms with Gasteiger partial charge in [0.05, 0.1) is 17.0 Å². The Morgan fingerprint density at radius 1 is 1.06 bits per heavy atom. The van der Waals surface area contributed by atoms with Gasteiger partial charge in [-0.05, 0) is 53.8 Å². The van der Waals surface area contributed by atoms with Crippen LogP contribution in [-0.2, 0) is 20.8 Å². The summed E-state index contributed by atoms with van der Waals surface area (Å²) in [5.41, 5.74) is 2.10. The van der Waals surface area contributed by atoms with Crippen molar-refractivity contribution >= 4 is 52.0 Å². The Morgan fingerprint density at radius 3 is 2.34 bits per heavy atom. The van der Waals surface area contributed by atoms with Crippen LogP contribution in [0.5, 0.6) is 0 Å². The number of nitrogens with zero attached hydrogens (tertiary/aromatic N) is 1. The number of aryl methyl sites for hydroxylation is 1. The number of amides is 1. The van der Waals surface area contributed by atoms with Gasteiger partial charge < -0.3 is 10.2 Å². The SMILES string of the molecule is Cc1ccsc1C1/C(=C(\O)c2ccccc2Cl)C(=O)C(=O)N1c1ccc(CC(=O)O)cc1. The molecule has 2 aromatic carbocycles. The lowest BCUT2D eigenvalue weighted by molar-refractivity contribution is -0.136. The van der Waals surface area contributed by atoms with E-state index in [-0.39, 0.29) is 28.3 Å². The minimum absolute atomic E-state index is 0.0386. The van der Waals surface area contributed by atoms with Crippen LogP contribution < -0.4 is 4.90 Å². The van der Waals surface area contributed by atoms with E-state index in [1.54, 1.807) is 48.5 Å². The Balaban J connectivity index is 1.89. The third kappa shape index (κ3) is 3.81. The zero-order valence-corrected chi connectivity index (χ0v) is 18.5. The number of aliphatic carboxylic acids is 1. The van der Waals surface area contributed by atoms with Crippen molar-refractivity contribution in [1.82, 2.24) is 0 Å². The topological polar surface area (TPSA) is 94.9 Å². The Hall–Kier alpha value is -3.42. The Bertz CT molecular complexity index is 1260. The number of hydrogen-bond donors (Lipinski definition) is 2. The second-order valence-corrected chi connectivity index (χ2v) is 8.71. The smallest absolute Gasteiger partial charge is 0.307 e. The number of carbonyl (C=O) groups is 3. The van der Waals surface area contributed by atoms with Crippen LogP contribution >= 0.6 is 22.9 Å². The first-order valence-electron chi connectivity index (χ1n) is 9.70. The predicted octanol–water partition coefficient (Wildman–Crippen LogP) is 4.96. The fourth-order valence-corrected chi connectivity index (χ4v) is 5.01. The fraction of sp³-hybridized carbons (Fsp3) is 0.125. The van der Waals surface area contributed by atoms with Crippen molar-refractivity contribution in [3.8, 4) is 0 Å². The number of aliphatic hydroxyl groups is 1. The van der Waals surface area contributed by atoms with Gasteiger partial charge in [0.25, 0.3) is 11.7 Å². The van der Waals surface area contributed by atoms with Crippen molar-refractivity contribution in [1.29, 1.82) is 0 Å². The highest BCUT2D eigenvalue weighted by Gasteiger charge is 2.48. The maximum absolute atomic E-state index is 13.1. The van der Waals surface area contributed by atoms with Crippen molar-refractivity contribution in [3.05, 3.63) is 92.1 Å². The van der Waals surface area contributed by atoms with Crippen LogP contribution in [0.3, 0.4) is 0 Å². The minimum atomic E-state index is -0.966. The molecular formula is C24H18ClNO5S. The van der Waals surface area contributed by atoms with Crippen molar-refractivity contribution in [3.63, 3.8) is 0 Å². The van der Waals surface area contributed by atoms with E-state index in [0.717, 1.165) is 10.4 Å². The highest BCUT2D eigenvalue weighted by molar-refractivity contribution is 7.10. The van der Waals surface area contributed by atoms with Crippen LogP contribution in [0, 0.1) is 6.92 Å². The van der Waals surface area contributed by atoms with Crippen LogP contribution in [0.15, 0.2) is 65.6 Å². The van der Waals surface area contributed by atoms with Crippen LogP contribution in [0.1, 0.15) is 27.6 Å². The summed E-state index contributed by atoms with van der Waals surface area (Å²) in [5, 5.41) is 22.2. The molecule has 1 aliphatic heterocycles. The first-order valence-corrected chi connectivity index (χ1v) is 11.0. The lowest BCUT2D eigenvalue weighted by Crippen LogP contribution is -2.29. The molecule has 162 valence electrons. The molecule has 0 saturated carbocycles. The van der Waals surface area contributed by atoms with Gasteiger partial charge in [0.15, 0.2) is 0 Å². The molecule has 6 nitrogen and oxygen atoms in total. The molecule has 8 heteroatoms. The fourth-order valence-electron chi connectivity index (χ4n) is 3.76. The first kappa shape index (κ1) is 21.8. The van der Waals surface area contributed by atoms with Gasteiger partial charge in [0.2, 0.25) is 0 Å². The average molecular weight is 468 g/mol. The number of rotatable bonds is 5. The van der Waals surface area contributed by atoms with Gasteiger partial charge in [-0.15, -0.1) is 11.3 Å². The Labute approximate surface area is 193 Å². The quantitative estimate of drug-likeness (QED) is 0.314. The number of hydrogen-bond acceptors (Lipinski definition) is 5. The summed E-state index contributed by atoms with van der Waals surface area (Å²) >= 11 is 7.63. The van der Waals surface area contributed by atoms with E-state index >= 15 is 0 Å². The van der Waals surface area contributed by atoms with E-state index in [0.29, 0.717) is 11.3 Å². The summed E-state index contributed by atoms with van der Waals surface area (Å²) < 4.78 is 0. The van der Waals surface area contributed by atoms with E-state index in [1.807, 2.05) is 18.4 Å². The molecule has 1 amide bonds. The van der Waals surface area contributed by atoms with E-state index in [4.69, 9.17) is 16.7 Å². The molecule has 3 aromatic rings. The molecule has 1 fully saturated rings. The molecule has 1 atom stereocenters. The molecule has 0 spiro atoms. The normalized spacial score (nSPS) is 17.7. The number of anilines is 1. The lowest BCUT2D eigenvalue weighted by atomic mass is 9.98. The molecule has 1 unspecified atom stereocenters. The number of thiophene rings is 1.